The summed E-state index contributed by atoms with van der Waals surface area (Å²) in [5, 5.41) is 0. The average molecular weight is 813 g/mol. The molecule has 0 heterocycles. The number of allylic oxidation sites excluding steroid dienone is 6. The fourth-order valence-electron chi connectivity index (χ4n) is 6.06. The summed E-state index contributed by atoms with van der Waals surface area (Å²) in [5.74, 6) is -0.816. The molecular formula is C46H87NO8P+. The summed E-state index contributed by atoms with van der Waals surface area (Å²) in [7, 11) is 1.47. The van der Waals surface area contributed by atoms with Gasteiger partial charge in [0, 0.05) is 12.8 Å². The summed E-state index contributed by atoms with van der Waals surface area (Å²) in [6.07, 6.45) is 43.2. The van der Waals surface area contributed by atoms with E-state index in [1.165, 1.54) is 96.3 Å². The highest BCUT2D eigenvalue weighted by atomic mass is 31.2. The van der Waals surface area contributed by atoms with Crippen LogP contribution in [0.2, 0.25) is 0 Å². The van der Waals surface area contributed by atoms with Crippen molar-refractivity contribution in [2.24, 2.45) is 0 Å². The number of phosphoric ester groups is 1. The number of ether oxygens (including phenoxy) is 2. The van der Waals surface area contributed by atoms with E-state index in [2.05, 4.69) is 50.3 Å². The number of carbonyl (C=O) groups is 2. The summed E-state index contributed by atoms with van der Waals surface area (Å²) in [6, 6.07) is 0. The Labute approximate surface area is 344 Å². The number of carbonyl (C=O) groups excluding carboxylic acids is 2. The van der Waals surface area contributed by atoms with Crippen LogP contribution in [-0.4, -0.2) is 74.9 Å². The number of unbranched alkanes of at least 4 members (excludes halogenated alkanes) is 22. The average Bonchev–Trinajstić information content (AvgIpc) is 3.15. The number of likely N-dealkylation sites (N-methyl/N-ethyl adjacent to an activating group) is 1. The van der Waals surface area contributed by atoms with Crippen LogP contribution in [0.3, 0.4) is 0 Å². The molecule has 9 nitrogen and oxygen atoms in total. The lowest BCUT2D eigenvalue weighted by Crippen LogP contribution is -2.37. The van der Waals surface area contributed by atoms with Crippen molar-refractivity contribution in [2.45, 2.75) is 200 Å². The number of rotatable bonds is 41. The van der Waals surface area contributed by atoms with Gasteiger partial charge in [-0.05, 0) is 64.2 Å². The van der Waals surface area contributed by atoms with E-state index in [1.54, 1.807) is 0 Å². The minimum absolute atomic E-state index is 0.0287. The predicted octanol–water partition coefficient (Wildman–Crippen LogP) is 12.9. The van der Waals surface area contributed by atoms with Gasteiger partial charge < -0.3 is 18.9 Å². The number of nitrogens with zero attached hydrogens (tertiary/aromatic N) is 1. The lowest BCUT2D eigenvalue weighted by Gasteiger charge is -2.24. The Morgan fingerprint density at radius 2 is 0.964 bits per heavy atom. The summed E-state index contributed by atoms with van der Waals surface area (Å²) in [4.78, 5) is 35.4. The Morgan fingerprint density at radius 1 is 0.554 bits per heavy atom. The van der Waals surface area contributed by atoms with Crippen molar-refractivity contribution in [3.05, 3.63) is 36.5 Å². The van der Waals surface area contributed by atoms with E-state index in [9.17, 15) is 19.0 Å². The van der Waals surface area contributed by atoms with E-state index in [-0.39, 0.29) is 32.0 Å². The van der Waals surface area contributed by atoms with Gasteiger partial charge in [0.15, 0.2) is 6.10 Å². The molecule has 0 aliphatic heterocycles. The first-order chi connectivity index (χ1) is 27.0. The van der Waals surface area contributed by atoms with Crippen molar-refractivity contribution in [3.8, 4) is 0 Å². The van der Waals surface area contributed by atoms with Crippen LogP contribution >= 0.6 is 7.82 Å². The molecule has 0 aliphatic rings. The van der Waals surface area contributed by atoms with Crippen LogP contribution in [0.15, 0.2) is 36.5 Å². The third kappa shape index (κ3) is 41.9. The van der Waals surface area contributed by atoms with Crippen molar-refractivity contribution in [1.82, 2.24) is 0 Å². The highest BCUT2D eigenvalue weighted by molar-refractivity contribution is 7.47. The van der Waals surface area contributed by atoms with E-state index >= 15 is 0 Å². The summed E-state index contributed by atoms with van der Waals surface area (Å²) < 4.78 is 34.3. The number of quaternary nitrogens is 1. The molecule has 0 fully saturated rings. The lowest BCUT2D eigenvalue weighted by molar-refractivity contribution is -0.870. The topological polar surface area (TPSA) is 108 Å². The van der Waals surface area contributed by atoms with Crippen LogP contribution in [-0.2, 0) is 32.7 Å². The molecule has 10 heteroatoms. The van der Waals surface area contributed by atoms with Crippen LogP contribution in [0, 0.1) is 0 Å². The molecule has 0 bridgehead atoms. The third-order valence-electron chi connectivity index (χ3n) is 9.67. The van der Waals surface area contributed by atoms with Gasteiger partial charge in [0.1, 0.15) is 19.8 Å². The van der Waals surface area contributed by atoms with E-state index in [4.69, 9.17) is 18.5 Å². The zero-order valence-corrected chi connectivity index (χ0v) is 37.8. The molecule has 0 amide bonds. The molecule has 1 unspecified atom stereocenters. The summed E-state index contributed by atoms with van der Waals surface area (Å²) in [6.45, 7) is 4.38. The Morgan fingerprint density at radius 3 is 1.43 bits per heavy atom. The molecule has 56 heavy (non-hydrogen) atoms. The van der Waals surface area contributed by atoms with Crippen molar-refractivity contribution in [1.29, 1.82) is 0 Å². The van der Waals surface area contributed by atoms with Gasteiger partial charge in [-0.1, -0.05) is 153 Å². The largest absolute Gasteiger partial charge is 0.472 e. The maximum atomic E-state index is 12.7. The van der Waals surface area contributed by atoms with Crippen LogP contribution < -0.4 is 0 Å². The van der Waals surface area contributed by atoms with E-state index < -0.39 is 26.5 Å². The maximum Gasteiger partial charge on any atom is 0.472 e. The molecular weight excluding hydrogens is 725 g/mol. The van der Waals surface area contributed by atoms with Crippen molar-refractivity contribution in [2.75, 3.05) is 47.5 Å². The van der Waals surface area contributed by atoms with E-state index in [0.29, 0.717) is 17.4 Å². The molecule has 0 aliphatic carbocycles. The van der Waals surface area contributed by atoms with Gasteiger partial charge in [0.25, 0.3) is 0 Å². The molecule has 0 aromatic heterocycles. The van der Waals surface area contributed by atoms with Crippen molar-refractivity contribution < 1.29 is 42.1 Å². The molecule has 0 saturated carbocycles. The molecule has 328 valence electrons. The van der Waals surface area contributed by atoms with Gasteiger partial charge in [-0.3, -0.25) is 18.6 Å². The second-order valence-corrected chi connectivity index (χ2v) is 17.9. The van der Waals surface area contributed by atoms with E-state index in [0.717, 1.165) is 64.2 Å². The molecule has 0 rings (SSSR count). The van der Waals surface area contributed by atoms with Crippen LogP contribution in [0.5, 0.6) is 0 Å². The second kappa shape index (κ2) is 38.7. The third-order valence-corrected chi connectivity index (χ3v) is 10.7. The number of phosphoric acid groups is 1. The second-order valence-electron chi connectivity index (χ2n) is 16.5. The lowest BCUT2D eigenvalue weighted by atomic mass is 10.1. The Bertz CT molecular complexity index is 1050. The predicted molar refractivity (Wildman–Crippen MR) is 234 cm³/mol. The quantitative estimate of drug-likeness (QED) is 0.0162. The first-order valence-corrected chi connectivity index (χ1v) is 24.2. The number of hydrogen-bond donors (Lipinski definition) is 1. The first kappa shape index (κ1) is 54.2. The standard InChI is InChI=1S/C46H86NO8P/c1-6-8-10-12-14-16-18-20-22-23-25-27-29-31-33-35-37-39-46(49)55-44(43-54-56(50,51)53-41-40-47(3,4)5)42-52-45(48)38-36-34-32-30-28-26-24-21-19-17-15-13-11-9-7-2/h16-19,21,24,44H,6-15,20,22-23,25-43H2,1-5H3/p+1/b18-16+,19-17+,24-21+/t44-/m1/s1. The van der Waals surface area contributed by atoms with Gasteiger partial charge >= 0.3 is 19.8 Å². The molecule has 0 radical (unpaired) electrons. The Balaban J connectivity index is 4.36. The molecule has 0 saturated heterocycles. The van der Waals surface area contributed by atoms with Gasteiger partial charge in [-0.15, -0.1) is 0 Å². The fraction of sp³-hybridized carbons (Fsp3) is 0.826. The van der Waals surface area contributed by atoms with Gasteiger partial charge in [0.05, 0.1) is 27.7 Å². The highest BCUT2D eigenvalue weighted by Crippen LogP contribution is 2.43. The Kier molecular flexibility index (Phi) is 37.5. The normalized spacial score (nSPS) is 13.9. The molecule has 2 atom stereocenters. The number of esters is 2. The zero-order valence-electron chi connectivity index (χ0n) is 36.9. The highest BCUT2D eigenvalue weighted by Gasteiger charge is 2.27. The SMILES string of the molecule is CCCCCC/C=C/C=C/CCCCCCCC(=O)OC[C@H](COP(=O)(O)OCC[N+](C)(C)C)OC(=O)CCCCCCCCCCC/C=C/CCCCCC. The summed E-state index contributed by atoms with van der Waals surface area (Å²) >= 11 is 0. The maximum absolute atomic E-state index is 12.7. The Hall–Kier alpha value is -1.77. The molecule has 1 N–H and O–H groups in total. The van der Waals surface area contributed by atoms with Crippen molar-refractivity contribution >= 4 is 19.8 Å². The monoisotopic (exact) mass is 813 g/mol. The minimum Gasteiger partial charge on any atom is -0.462 e. The summed E-state index contributed by atoms with van der Waals surface area (Å²) in [5.41, 5.74) is 0. The van der Waals surface area contributed by atoms with Crippen LogP contribution in [0.25, 0.3) is 0 Å². The first-order valence-electron chi connectivity index (χ1n) is 22.7. The smallest absolute Gasteiger partial charge is 0.462 e. The minimum atomic E-state index is -4.38. The van der Waals surface area contributed by atoms with Crippen LogP contribution in [0.4, 0.5) is 0 Å². The van der Waals surface area contributed by atoms with Crippen LogP contribution in [0.1, 0.15) is 194 Å². The fourth-order valence-corrected chi connectivity index (χ4v) is 6.80. The van der Waals surface area contributed by atoms with Crippen molar-refractivity contribution in [3.63, 3.8) is 0 Å². The van der Waals surface area contributed by atoms with Gasteiger partial charge in [-0.25, -0.2) is 4.57 Å². The molecule has 0 aromatic rings. The van der Waals surface area contributed by atoms with Gasteiger partial charge in [-0.2, -0.15) is 0 Å². The van der Waals surface area contributed by atoms with Gasteiger partial charge in [0.2, 0.25) is 0 Å². The zero-order chi connectivity index (χ0) is 41.4. The number of hydrogen-bond acceptors (Lipinski definition) is 7. The molecule has 0 spiro atoms. The van der Waals surface area contributed by atoms with E-state index in [1.807, 2.05) is 21.1 Å². The molecule has 0 aromatic carbocycles.